The molecule has 1 aromatic carbocycles. The Kier molecular flexibility index (Phi) is 5.89. The zero-order valence-corrected chi connectivity index (χ0v) is 11.2. The highest BCUT2D eigenvalue weighted by molar-refractivity contribution is 6.31. The number of methoxy groups -OCH3 is 1. The molecule has 0 aliphatic rings. The molecule has 0 amide bonds. The summed E-state index contributed by atoms with van der Waals surface area (Å²) in [5.74, 6) is -0.301. The Balaban J connectivity index is 2.67. The Bertz CT molecular complexity index is 359. The van der Waals surface area contributed by atoms with Crippen molar-refractivity contribution in [2.45, 2.75) is 31.9 Å². The van der Waals surface area contributed by atoms with Gasteiger partial charge in [0.1, 0.15) is 5.82 Å². The van der Waals surface area contributed by atoms with Crippen LogP contribution >= 0.6 is 11.6 Å². The van der Waals surface area contributed by atoms with Gasteiger partial charge in [-0.25, -0.2) is 4.39 Å². The van der Waals surface area contributed by atoms with Crippen molar-refractivity contribution in [1.29, 1.82) is 0 Å². The highest BCUT2D eigenvalue weighted by atomic mass is 35.5. The zero-order chi connectivity index (χ0) is 12.8. The van der Waals surface area contributed by atoms with E-state index >= 15 is 0 Å². The summed E-state index contributed by atoms with van der Waals surface area (Å²) in [6.45, 7) is 2.02. The van der Waals surface area contributed by atoms with Crippen LogP contribution in [0.4, 0.5) is 4.39 Å². The maximum atomic E-state index is 12.9. The van der Waals surface area contributed by atoms with E-state index in [4.69, 9.17) is 16.3 Å². The monoisotopic (exact) mass is 259 g/mol. The van der Waals surface area contributed by atoms with Gasteiger partial charge in [-0.2, -0.15) is 0 Å². The first-order valence-corrected chi connectivity index (χ1v) is 6.08. The summed E-state index contributed by atoms with van der Waals surface area (Å²) in [7, 11) is 3.60. The maximum absolute atomic E-state index is 12.9. The summed E-state index contributed by atoms with van der Waals surface area (Å²) in [5.41, 5.74) is 0.954. The van der Waals surface area contributed by atoms with Crippen LogP contribution in [0.15, 0.2) is 18.2 Å². The molecule has 96 valence electrons. The van der Waals surface area contributed by atoms with E-state index in [1.54, 1.807) is 13.2 Å². The predicted octanol–water partition coefficient (Wildman–Crippen LogP) is 3.03. The van der Waals surface area contributed by atoms with Gasteiger partial charge in [-0.15, -0.1) is 0 Å². The molecule has 0 bridgehead atoms. The average molecular weight is 260 g/mol. The lowest BCUT2D eigenvalue weighted by atomic mass is 10.0. The molecule has 0 heterocycles. The normalized spacial score (nSPS) is 14.6. The van der Waals surface area contributed by atoms with Gasteiger partial charge in [0.2, 0.25) is 0 Å². The molecule has 0 saturated heterocycles. The standard InChI is InChI=1S/C13H19ClFNO/c1-9(17-3)6-12(16-2)7-10-4-5-11(15)8-13(10)14/h4-5,8-9,12,16H,6-7H2,1-3H3. The molecule has 0 aliphatic carbocycles. The van der Waals surface area contributed by atoms with Crippen molar-refractivity contribution in [3.8, 4) is 0 Å². The van der Waals surface area contributed by atoms with E-state index in [9.17, 15) is 4.39 Å². The van der Waals surface area contributed by atoms with Gasteiger partial charge in [0.05, 0.1) is 6.10 Å². The van der Waals surface area contributed by atoms with Crippen LogP contribution in [0, 0.1) is 5.82 Å². The lowest BCUT2D eigenvalue weighted by Gasteiger charge is -2.20. The zero-order valence-electron chi connectivity index (χ0n) is 10.5. The Hall–Kier alpha value is -0.640. The quantitative estimate of drug-likeness (QED) is 0.848. The fourth-order valence-corrected chi connectivity index (χ4v) is 2.00. The van der Waals surface area contributed by atoms with E-state index < -0.39 is 0 Å². The van der Waals surface area contributed by atoms with Crippen molar-refractivity contribution in [1.82, 2.24) is 5.32 Å². The van der Waals surface area contributed by atoms with Gasteiger partial charge < -0.3 is 10.1 Å². The number of hydrogen-bond donors (Lipinski definition) is 1. The molecule has 0 aromatic heterocycles. The molecular weight excluding hydrogens is 241 g/mol. The molecular formula is C13H19ClFNO. The molecule has 2 nitrogen and oxygen atoms in total. The van der Waals surface area contributed by atoms with Crippen LogP contribution in [0.1, 0.15) is 18.9 Å². The number of hydrogen-bond acceptors (Lipinski definition) is 2. The molecule has 1 N–H and O–H groups in total. The van der Waals surface area contributed by atoms with E-state index in [0.717, 1.165) is 18.4 Å². The van der Waals surface area contributed by atoms with Crippen molar-refractivity contribution >= 4 is 11.6 Å². The van der Waals surface area contributed by atoms with Gasteiger partial charge in [-0.05, 0) is 44.5 Å². The second-order valence-corrected chi connectivity index (χ2v) is 4.61. The summed E-state index contributed by atoms with van der Waals surface area (Å²) in [5, 5.41) is 3.71. The summed E-state index contributed by atoms with van der Waals surface area (Å²) >= 11 is 6.00. The minimum atomic E-state index is -0.301. The highest BCUT2D eigenvalue weighted by Gasteiger charge is 2.13. The van der Waals surface area contributed by atoms with Crippen LogP contribution in [0.2, 0.25) is 5.02 Å². The smallest absolute Gasteiger partial charge is 0.124 e. The summed E-state index contributed by atoms with van der Waals surface area (Å²) in [6.07, 6.45) is 1.84. The minimum absolute atomic E-state index is 0.187. The van der Waals surface area contributed by atoms with Crippen LogP contribution in [-0.2, 0) is 11.2 Å². The molecule has 2 atom stereocenters. The van der Waals surface area contributed by atoms with Crippen LogP contribution < -0.4 is 5.32 Å². The molecule has 1 rings (SSSR count). The Morgan fingerprint density at radius 2 is 2.18 bits per heavy atom. The van der Waals surface area contributed by atoms with Crippen LogP contribution in [-0.4, -0.2) is 26.3 Å². The fraction of sp³-hybridized carbons (Fsp3) is 0.538. The van der Waals surface area contributed by atoms with Gasteiger partial charge in [-0.1, -0.05) is 17.7 Å². The third kappa shape index (κ3) is 4.62. The number of nitrogens with one attached hydrogen (secondary N) is 1. The molecule has 0 spiro atoms. The van der Waals surface area contributed by atoms with Gasteiger partial charge in [0.15, 0.2) is 0 Å². The Morgan fingerprint density at radius 1 is 1.47 bits per heavy atom. The Labute approximate surface area is 107 Å². The molecule has 17 heavy (non-hydrogen) atoms. The average Bonchev–Trinajstić information content (AvgIpc) is 2.31. The molecule has 0 fully saturated rings. The summed E-state index contributed by atoms with van der Waals surface area (Å²) < 4.78 is 18.1. The molecule has 4 heteroatoms. The van der Waals surface area contributed by atoms with E-state index in [2.05, 4.69) is 5.32 Å². The van der Waals surface area contributed by atoms with Crippen molar-refractivity contribution in [2.24, 2.45) is 0 Å². The minimum Gasteiger partial charge on any atom is -0.382 e. The van der Waals surface area contributed by atoms with Gasteiger partial charge >= 0.3 is 0 Å². The first-order valence-electron chi connectivity index (χ1n) is 5.70. The van der Waals surface area contributed by atoms with Crippen LogP contribution in [0.5, 0.6) is 0 Å². The van der Waals surface area contributed by atoms with E-state index in [-0.39, 0.29) is 18.0 Å². The first-order chi connectivity index (χ1) is 8.06. The molecule has 0 aliphatic heterocycles. The second-order valence-electron chi connectivity index (χ2n) is 4.21. The topological polar surface area (TPSA) is 21.3 Å². The third-order valence-electron chi connectivity index (χ3n) is 2.91. The number of benzene rings is 1. The van der Waals surface area contributed by atoms with Crippen molar-refractivity contribution in [3.05, 3.63) is 34.6 Å². The van der Waals surface area contributed by atoms with Crippen LogP contribution in [0.3, 0.4) is 0 Å². The number of rotatable bonds is 6. The second kappa shape index (κ2) is 6.94. The van der Waals surface area contributed by atoms with Gasteiger partial charge in [0, 0.05) is 18.2 Å². The maximum Gasteiger partial charge on any atom is 0.124 e. The highest BCUT2D eigenvalue weighted by Crippen LogP contribution is 2.20. The molecule has 0 radical (unpaired) electrons. The van der Waals surface area contributed by atoms with E-state index in [0.29, 0.717) is 5.02 Å². The number of likely N-dealkylation sites (N-methyl/N-ethyl adjacent to an activating group) is 1. The third-order valence-corrected chi connectivity index (χ3v) is 3.26. The molecule has 2 unspecified atom stereocenters. The largest absolute Gasteiger partial charge is 0.382 e. The van der Waals surface area contributed by atoms with Gasteiger partial charge in [0.25, 0.3) is 0 Å². The molecule has 0 saturated carbocycles. The lowest BCUT2D eigenvalue weighted by molar-refractivity contribution is 0.101. The Morgan fingerprint density at radius 3 is 2.71 bits per heavy atom. The van der Waals surface area contributed by atoms with Crippen molar-refractivity contribution < 1.29 is 9.13 Å². The summed E-state index contributed by atoms with van der Waals surface area (Å²) in [4.78, 5) is 0. The number of halogens is 2. The fourth-order valence-electron chi connectivity index (χ4n) is 1.75. The van der Waals surface area contributed by atoms with E-state index in [1.165, 1.54) is 12.1 Å². The van der Waals surface area contributed by atoms with Crippen molar-refractivity contribution in [3.63, 3.8) is 0 Å². The lowest BCUT2D eigenvalue weighted by Crippen LogP contribution is -2.31. The van der Waals surface area contributed by atoms with Gasteiger partial charge in [-0.3, -0.25) is 0 Å². The molecule has 1 aromatic rings. The SMILES string of the molecule is CNC(Cc1ccc(F)cc1Cl)CC(C)OC. The van der Waals surface area contributed by atoms with Crippen LogP contribution in [0.25, 0.3) is 0 Å². The predicted molar refractivity (Wildman–Crippen MR) is 69.0 cm³/mol. The van der Waals surface area contributed by atoms with Crippen molar-refractivity contribution in [2.75, 3.05) is 14.2 Å². The number of ether oxygens (including phenoxy) is 1. The van der Waals surface area contributed by atoms with E-state index in [1.807, 2.05) is 14.0 Å². The summed E-state index contributed by atoms with van der Waals surface area (Å²) in [6, 6.07) is 4.80. The first kappa shape index (κ1) is 14.4.